The van der Waals surface area contributed by atoms with Gasteiger partial charge in [-0.25, -0.2) is 0 Å². The van der Waals surface area contributed by atoms with Crippen LogP contribution in [0.5, 0.6) is 0 Å². The lowest BCUT2D eigenvalue weighted by Gasteiger charge is -2.19. The Morgan fingerprint density at radius 2 is 1.59 bits per heavy atom. The smallest absolute Gasteiger partial charge is 0.255 e. The van der Waals surface area contributed by atoms with E-state index in [9.17, 15) is 9.59 Å². The molecule has 0 bridgehead atoms. The quantitative estimate of drug-likeness (QED) is 0.821. The molecule has 2 N–H and O–H groups in total. The molecule has 144 valence electrons. The summed E-state index contributed by atoms with van der Waals surface area (Å²) in [6.07, 6.45) is 0. The highest BCUT2D eigenvalue weighted by Gasteiger charge is 2.14. The number of likely N-dealkylation sites (N-methyl/N-ethyl adjacent to an activating group) is 1. The molecule has 0 aliphatic rings. The number of rotatable bonds is 6. The topological polar surface area (TPSA) is 61.4 Å². The first-order chi connectivity index (χ1) is 12.7. The Morgan fingerprint density at radius 1 is 0.926 bits per heavy atom. The second-order valence-electron chi connectivity index (χ2n) is 7.92. The zero-order valence-electron chi connectivity index (χ0n) is 16.8. The van der Waals surface area contributed by atoms with Gasteiger partial charge in [0.05, 0.1) is 0 Å². The summed E-state index contributed by atoms with van der Waals surface area (Å²) < 4.78 is 0. The monoisotopic (exact) mass is 367 g/mol. The van der Waals surface area contributed by atoms with E-state index in [2.05, 4.69) is 31.4 Å². The van der Waals surface area contributed by atoms with Gasteiger partial charge in [-0.2, -0.15) is 0 Å². The van der Waals surface area contributed by atoms with Gasteiger partial charge in [-0.1, -0.05) is 39.0 Å². The molecule has 0 aromatic heterocycles. The van der Waals surface area contributed by atoms with Crippen LogP contribution in [-0.4, -0.2) is 43.9 Å². The summed E-state index contributed by atoms with van der Waals surface area (Å²) in [6.45, 7) is 7.75. The molecule has 0 aliphatic heterocycles. The van der Waals surface area contributed by atoms with Crippen molar-refractivity contribution in [2.75, 3.05) is 32.5 Å². The molecule has 0 saturated carbocycles. The van der Waals surface area contributed by atoms with E-state index in [0.29, 0.717) is 23.4 Å². The molecule has 27 heavy (non-hydrogen) atoms. The van der Waals surface area contributed by atoms with Gasteiger partial charge in [0.2, 0.25) is 0 Å². The van der Waals surface area contributed by atoms with E-state index in [1.54, 1.807) is 24.3 Å². The predicted molar refractivity (Wildman–Crippen MR) is 110 cm³/mol. The van der Waals surface area contributed by atoms with E-state index in [4.69, 9.17) is 0 Å². The van der Waals surface area contributed by atoms with E-state index in [1.807, 2.05) is 43.3 Å². The average Bonchev–Trinajstić information content (AvgIpc) is 2.61. The van der Waals surface area contributed by atoms with Crippen molar-refractivity contribution in [1.82, 2.24) is 10.2 Å². The molecule has 0 fully saturated rings. The lowest BCUT2D eigenvalue weighted by molar-refractivity contribution is 0.0949. The van der Waals surface area contributed by atoms with Crippen LogP contribution in [-0.2, 0) is 5.41 Å². The highest BCUT2D eigenvalue weighted by Crippen LogP contribution is 2.22. The number of carbonyl (C=O) groups is 2. The highest BCUT2D eigenvalue weighted by molar-refractivity contribution is 6.05. The van der Waals surface area contributed by atoms with Crippen molar-refractivity contribution in [1.29, 1.82) is 0 Å². The maximum atomic E-state index is 12.5. The number of anilines is 1. The van der Waals surface area contributed by atoms with Crippen molar-refractivity contribution >= 4 is 17.5 Å². The molecular formula is C22H29N3O2. The van der Waals surface area contributed by atoms with Gasteiger partial charge in [-0.15, -0.1) is 0 Å². The molecule has 0 saturated heterocycles. The molecule has 0 spiro atoms. The highest BCUT2D eigenvalue weighted by atomic mass is 16.2. The van der Waals surface area contributed by atoms with Crippen LogP contribution >= 0.6 is 0 Å². The molecule has 5 nitrogen and oxygen atoms in total. The van der Waals surface area contributed by atoms with Crippen molar-refractivity contribution < 1.29 is 9.59 Å². The Balaban J connectivity index is 2.02. The van der Waals surface area contributed by atoms with Gasteiger partial charge in [0.1, 0.15) is 0 Å². The summed E-state index contributed by atoms with van der Waals surface area (Å²) in [5, 5.41) is 5.73. The Hall–Kier alpha value is -2.66. The van der Waals surface area contributed by atoms with Gasteiger partial charge in [0.15, 0.2) is 0 Å². The number of nitrogens with one attached hydrogen (secondary N) is 2. The SMILES string of the molecule is CN(C)CCNC(=O)c1cccc(NC(=O)c2ccc(C(C)(C)C)cc2)c1. The first-order valence-electron chi connectivity index (χ1n) is 9.12. The summed E-state index contributed by atoms with van der Waals surface area (Å²) in [4.78, 5) is 26.7. The van der Waals surface area contributed by atoms with Gasteiger partial charge in [-0.05, 0) is 55.4 Å². The van der Waals surface area contributed by atoms with Gasteiger partial charge < -0.3 is 15.5 Å². The number of carbonyl (C=O) groups excluding carboxylic acids is 2. The molecule has 0 radical (unpaired) electrons. The minimum absolute atomic E-state index is 0.0449. The summed E-state index contributed by atoms with van der Waals surface area (Å²) in [6, 6.07) is 14.6. The maximum absolute atomic E-state index is 12.5. The van der Waals surface area contributed by atoms with E-state index < -0.39 is 0 Å². The normalized spacial score (nSPS) is 11.3. The largest absolute Gasteiger partial charge is 0.351 e. The number of hydrogen-bond acceptors (Lipinski definition) is 3. The fraction of sp³-hybridized carbons (Fsp3) is 0.364. The van der Waals surface area contributed by atoms with E-state index in [0.717, 1.165) is 6.54 Å². The van der Waals surface area contributed by atoms with Gasteiger partial charge in [-0.3, -0.25) is 9.59 Å². The molecule has 2 rings (SSSR count). The Morgan fingerprint density at radius 3 is 2.19 bits per heavy atom. The van der Waals surface area contributed by atoms with Gasteiger partial charge in [0.25, 0.3) is 11.8 Å². The maximum Gasteiger partial charge on any atom is 0.255 e. The van der Waals surface area contributed by atoms with Gasteiger partial charge >= 0.3 is 0 Å². The molecule has 2 aromatic rings. The van der Waals surface area contributed by atoms with Crippen LogP contribution in [0, 0.1) is 0 Å². The third-order valence-electron chi connectivity index (χ3n) is 4.24. The number of nitrogens with zero attached hydrogens (tertiary/aromatic N) is 1. The van der Waals surface area contributed by atoms with E-state index in [1.165, 1.54) is 5.56 Å². The lowest BCUT2D eigenvalue weighted by Crippen LogP contribution is -2.31. The zero-order valence-corrected chi connectivity index (χ0v) is 16.8. The number of hydrogen-bond donors (Lipinski definition) is 2. The zero-order chi connectivity index (χ0) is 20.0. The van der Waals surface area contributed by atoms with Crippen molar-refractivity contribution in [3.8, 4) is 0 Å². The third kappa shape index (κ3) is 6.22. The van der Waals surface area contributed by atoms with Crippen LogP contribution < -0.4 is 10.6 Å². The van der Waals surface area contributed by atoms with Crippen molar-refractivity contribution in [3.05, 3.63) is 65.2 Å². The third-order valence-corrected chi connectivity index (χ3v) is 4.24. The van der Waals surface area contributed by atoms with Crippen LogP contribution in [0.4, 0.5) is 5.69 Å². The fourth-order valence-corrected chi connectivity index (χ4v) is 2.56. The molecular weight excluding hydrogens is 338 g/mol. The summed E-state index contributed by atoms with van der Waals surface area (Å²) in [7, 11) is 3.91. The second kappa shape index (κ2) is 8.82. The van der Waals surface area contributed by atoms with Crippen LogP contribution in [0.1, 0.15) is 47.1 Å². The molecule has 0 unspecified atom stereocenters. The van der Waals surface area contributed by atoms with Crippen LogP contribution in [0.2, 0.25) is 0 Å². The van der Waals surface area contributed by atoms with Crippen molar-refractivity contribution in [3.63, 3.8) is 0 Å². The Bertz CT molecular complexity index is 790. The van der Waals surface area contributed by atoms with Crippen LogP contribution in [0.3, 0.4) is 0 Å². The lowest BCUT2D eigenvalue weighted by atomic mass is 9.87. The van der Waals surface area contributed by atoms with Crippen molar-refractivity contribution in [2.24, 2.45) is 0 Å². The minimum Gasteiger partial charge on any atom is -0.351 e. The molecule has 0 atom stereocenters. The standard InChI is InChI=1S/C22H29N3O2/c1-22(2,3)18-11-9-16(10-12-18)21(27)24-19-8-6-7-17(15-19)20(26)23-13-14-25(4)5/h6-12,15H,13-14H2,1-5H3,(H,23,26)(H,24,27). The van der Waals surface area contributed by atoms with E-state index in [-0.39, 0.29) is 17.2 Å². The second-order valence-corrected chi connectivity index (χ2v) is 7.92. The minimum atomic E-state index is -0.194. The first-order valence-corrected chi connectivity index (χ1v) is 9.12. The van der Waals surface area contributed by atoms with Crippen molar-refractivity contribution in [2.45, 2.75) is 26.2 Å². The van der Waals surface area contributed by atoms with Crippen LogP contribution in [0.25, 0.3) is 0 Å². The summed E-state index contributed by atoms with van der Waals surface area (Å²) in [5.41, 5.74) is 2.93. The molecule has 5 heteroatoms. The summed E-state index contributed by atoms with van der Waals surface area (Å²) >= 11 is 0. The predicted octanol–water partition coefficient (Wildman–Crippen LogP) is 3.53. The molecule has 2 aromatic carbocycles. The van der Waals surface area contributed by atoms with Gasteiger partial charge in [0, 0.05) is 29.9 Å². The summed E-state index contributed by atoms with van der Waals surface area (Å²) in [5.74, 6) is -0.344. The molecule has 0 heterocycles. The number of amides is 2. The first kappa shape index (κ1) is 20.6. The van der Waals surface area contributed by atoms with Crippen LogP contribution in [0.15, 0.2) is 48.5 Å². The molecule has 0 aliphatic carbocycles. The Kier molecular flexibility index (Phi) is 6.75. The molecule has 2 amide bonds. The fourth-order valence-electron chi connectivity index (χ4n) is 2.56. The number of benzene rings is 2. The Labute approximate surface area is 161 Å². The van der Waals surface area contributed by atoms with E-state index >= 15 is 0 Å². The average molecular weight is 367 g/mol.